The molecule has 0 bridgehead atoms. The van der Waals surface area contributed by atoms with Gasteiger partial charge in [-0.25, -0.2) is 4.59 Å². The van der Waals surface area contributed by atoms with Crippen LogP contribution in [0.3, 0.4) is 0 Å². The van der Waals surface area contributed by atoms with E-state index in [9.17, 15) is 10.1 Å². The molecule has 1 aromatic heterocycles. The lowest BCUT2D eigenvalue weighted by atomic mass is 10.4. The Morgan fingerprint density at radius 1 is 1.89 bits per heavy atom. The SMILES string of the molecule is [B]n1ccc([N+](=O)[O-])n1. The number of aromatic nitrogens is 2. The summed E-state index contributed by atoms with van der Waals surface area (Å²) >= 11 is 0. The van der Waals surface area contributed by atoms with Gasteiger partial charge < -0.3 is 10.1 Å². The Kier molecular flexibility index (Phi) is 1.22. The first-order valence-corrected chi connectivity index (χ1v) is 2.15. The molecule has 0 aliphatic heterocycles. The van der Waals surface area contributed by atoms with Crippen molar-refractivity contribution in [2.75, 3.05) is 0 Å². The van der Waals surface area contributed by atoms with Crippen molar-refractivity contribution in [2.24, 2.45) is 0 Å². The van der Waals surface area contributed by atoms with E-state index in [1.807, 2.05) is 0 Å². The summed E-state index contributed by atoms with van der Waals surface area (Å²) in [4.78, 5) is 9.28. The molecular formula is C3H2BN3O2. The summed E-state index contributed by atoms with van der Waals surface area (Å²) in [6.07, 6.45) is 1.30. The van der Waals surface area contributed by atoms with Crippen molar-refractivity contribution in [3.8, 4) is 0 Å². The lowest BCUT2D eigenvalue weighted by molar-refractivity contribution is -0.389. The van der Waals surface area contributed by atoms with Gasteiger partial charge in [-0.1, -0.05) is 0 Å². The summed E-state index contributed by atoms with van der Waals surface area (Å²) < 4.78 is 0.887. The first kappa shape index (κ1) is 5.81. The maximum Gasteiger partial charge on any atom is 0.388 e. The fourth-order valence-electron chi connectivity index (χ4n) is 0.425. The molecule has 1 aromatic rings. The fraction of sp³-hybridized carbons (Fsp3) is 0. The van der Waals surface area contributed by atoms with Crippen LogP contribution in [-0.2, 0) is 0 Å². The van der Waals surface area contributed by atoms with Crippen molar-refractivity contribution >= 4 is 13.8 Å². The topological polar surface area (TPSA) is 61.0 Å². The van der Waals surface area contributed by atoms with Gasteiger partial charge in [-0.05, 0) is 4.92 Å². The van der Waals surface area contributed by atoms with Gasteiger partial charge in [-0.15, -0.1) is 0 Å². The van der Waals surface area contributed by atoms with E-state index in [1.165, 1.54) is 12.3 Å². The number of hydrogen-bond donors (Lipinski definition) is 0. The third-order valence-electron chi connectivity index (χ3n) is 0.781. The van der Waals surface area contributed by atoms with Crippen LogP contribution in [0.1, 0.15) is 0 Å². The van der Waals surface area contributed by atoms with Gasteiger partial charge in [0.1, 0.15) is 0 Å². The first-order valence-electron chi connectivity index (χ1n) is 2.15. The number of rotatable bonds is 1. The summed E-state index contributed by atoms with van der Waals surface area (Å²) in [5.74, 6) is -0.238. The molecule has 5 nitrogen and oxygen atoms in total. The molecule has 2 radical (unpaired) electrons. The Hall–Kier alpha value is -1.33. The molecule has 1 rings (SSSR count). The summed E-state index contributed by atoms with van der Waals surface area (Å²) in [7, 11) is 5.02. The van der Waals surface area contributed by atoms with Crippen LogP contribution in [0.5, 0.6) is 0 Å². The van der Waals surface area contributed by atoms with Gasteiger partial charge in [0.05, 0.1) is 6.07 Å². The molecule has 0 aromatic carbocycles. The lowest BCUT2D eigenvalue weighted by Crippen LogP contribution is -1.93. The van der Waals surface area contributed by atoms with Gasteiger partial charge in [0.25, 0.3) is 7.98 Å². The molecule has 0 amide bonds. The van der Waals surface area contributed by atoms with Gasteiger partial charge in [0.2, 0.25) is 0 Å². The zero-order valence-corrected chi connectivity index (χ0v) is 4.39. The molecule has 0 N–H and O–H groups in total. The quantitative estimate of drug-likeness (QED) is 0.293. The van der Waals surface area contributed by atoms with Crippen LogP contribution in [-0.4, -0.2) is 22.6 Å². The summed E-state index contributed by atoms with van der Waals surface area (Å²) in [5, 5.41) is 13.2. The van der Waals surface area contributed by atoms with Crippen molar-refractivity contribution < 1.29 is 4.92 Å². The Labute approximate surface area is 51.9 Å². The summed E-state index contributed by atoms with van der Waals surface area (Å²) in [5.41, 5.74) is 0. The second kappa shape index (κ2) is 1.89. The molecule has 0 saturated carbocycles. The van der Waals surface area contributed by atoms with E-state index in [0.717, 1.165) is 4.59 Å². The molecular weight excluding hydrogens is 121 g/mol. The molecule has 0 atom stereocenters. The molecule has 0 unspecified atom stereocenters. The van der Waals surface area contributed by atoms with Gasteiger partial charge in [0, 0.05) is 11.3 Å². The molecule has 44 valence electrons. The minimum absolute atomic E-state index is 0.238. The first-order chi connectivity index (χ1) is 4.20. The van der Waals surface area contributed by atoms with Crippen LogP contribution in [0.15, 0.2) is 12.3 Å². The average molecular weight is 123 g/mol. The molecule has 0 saturated heterocycles. The summed E-state index contributed by atoms with van der Waals surface area (Å²) in [6.45, 7) is 0. The molecule has 1 heterocycles. The van der Waals surface area contributed by atoms with Crippen LogP contribution in [0.2, 0.25) is 0 Å². The van der Waals surface area contributed by atoms with Gasteiger partial charge in [0.15, 0.2) is 0 Å². The maximum atomic E-state index is 9.89. The highest BCUT2D eigenvalue weighted by atomic mass is 16.6. The number of nitrogens with zero attached hydrogens (tertiary/aromatic N) is 3. The van der Waals surface area contributed by atoms with E-state index in [2.05, 4.69) is 5.10 Å². The van der Waals surface area contributed by atoms with Crippen molar-refractivity contribution in [3.05, 3.63) is 22.4 Å². The summed E-state index contributed by atoms with van der Waals surface area (Å²) in [6, 6.07) is 1.22. The molecule has 0 spiro atoms. The smallest absolute Gasteiger partial charge is 0.358 e. The highest BCUT2D eigenvalue weighted by Crippen LogP contribution is 2.02. The monoisotopic (exact) mass is 123 g/mol. The Bertz CT molecular complexity index is 233. The van der Waals surface area contributed by atoms with Crippen LogP contribution in [0.25, 0.3) is 0 Å². The Balaban J connectivity index is 2.98. The standard InChI is InChI=1S/C3H2BN3O2/c4-6-2-1-3(5-6)7(8)9/h1-2H. The van der Waals surface area contributed by atoms with Crippen molar-refractivity contribution in [2.45, 2.75) is 0 Å². The molecule has 0 aliphatic rings. The predicted octanol–water partition coefficient (Wildman–Crippen LogP) is -0.277. The van der Waals surface area contributed by atoms with E-state index >= 15 is 0 Å². The van der Waals surface area contributed by atoms with Crippen LogP contribution >= 0.6 is 0 Å². The maximum absolute atomic E-state index is 9.89. The normalized spacial score (nSPS) is 9.33. The van der Waals surface area contributed by atoms with Crippen LogP contribution in [0, 0.1) is 10.1 Å². The van der Waals surface area contributed by atoms with E-state index in [1.54, 1.807) is 0 Å². The van der Waals surface area contributed by atoms with Crippen LogP contribution in [0.4, 0.5) is 5.82 Å². The van der Waals surface area contributed by atoms with Crippen LogP contribution < -0.4 is 0 Å². The number of hydrogen-bond acceptors (Lipinski definition) is 3. The Morgan fingerprint density at radius 2 is 2.56 bits per heavy atom. The van der Waals surface area contributed by atoms with Crippen molar-refractivity contribution in [3.63, 3.8) is 0 Å². The van der Waals surface area contributed by atoms with E-state index in [-0.39, 0.29) is 5.82 Å². The minimum Gasteiger partial charge on any atom is -0.358 e. The van der Waals surface area contributed by atoms with E-state index in [0.29, 0.717) is 0 Å². The third-order valence-corrected chi connectivity index (χ3v) is 0.781. The zero-order chi connectivity index (χ0) is 6.85. The van der Waals surface area contributed by atoms with E-state index < -0.39 is 4.92 Å². The Morgan fingerprint density at radius 3 is 2.78 bits per heavy atom. The van der Waals surface area contributed by atoms with Gasteiger partial charge in [-0.3, -0.25) is 0 Å². The molecule has 9 heavy (non-hydrogen) atoms. The van der Waals surface area contributed by atoms with Crippen molar-refractivity contribution in [1.82, 2.24) is 9.69 Å². The average Bonchev–Trinajstić information content (AvgIpc) is 2.14. The van der Waals surface area contributed by atoms with E-state index in [4.69, 9.17) is 7.98 Å². The van der Waals surface area contributed by atoms with Gasteiger partial charge in [-0.2, -0.15) is 0 Å². The predicted molar refractivity (Wildman–Crippen MR) is 30.0 cm³/mol. The zero-order valence-electron chi connectivity index (χ0n) is 4.39. The fourth-order valence-corrected chi connectivity index (χ4v) is 0.425. The highest BCUT2D eigenvalue weighted by Gasteiger charge is 2.06. The molecule has 6 heteroatoms. The lowest BCUT2D eigenvalue weighted by Gasteiger charge is -1.81. The van der Waals surface area contributed by atoms with Gasteiger partial charge >= 0.3 is 5.82 Å². The highest BCUT2D eigenvalue weighted by molar-refractivity contribution is 6.05. The number of nitro groups is 1. The van der Waals surface area contributed by atoms with Crippen molar-refractivity contribution in [1.29, 1.82) is 0 Å². The second-order valence-electron chi connectivity index (χ2n) is 1.41. The molecule has 0 aliphatic carbocycles. The minimum atomic E-state index is -0.608. The molecule has 0 fully saturated rings. The second-order valence-corrected chi connectivity index (χ2v) is 1.41. The largest absolute Gasteiger partial charge is 0.388 e. The third kappa shape index (κ3) is 1.07.